The Morgan fingerprint density at radius 3 is 2.43 bits per heavy atom. The Labute approximate surface area is 168 Å². The van der Waals surface area contributed by atoms with Crippen molar-refractivity contribution in [3.8, 4) is 11.4 Å². The van der Waals surface area contributed by atoms with Crippen LogP contribution in [0.25, 0.3) is 11.4 Å². The average Bonchev–Trinajstić information content (AvgIpc) is 3.08. The molecule has 0 saturated carbocycles. The molecule has 2 heterocycles. The predicted octanol–water partition coefficient (Wildman–Crippen LogP) is 2.80. The summed E-state index contributed by atoms with van der Waals surface area (Å²) >= 11 is 1.41. The minimum Gasteiger partial charge on any atom is -0.396 e. The van der Waals surface area contributed by atoms with E-state index in [-0.39, 0.29) is 17.9 Å². The second-order valence-corrected chi connectivity index (χ2v) is 7.83. The lowest BCUT2D eigenvalue weighted by atomic mass is 10.2. The maximum Gasteiger partial charge on any atom is 0.295 e. The van der Waals surface area contributed by atoms with Gasteiger partial charge in [0.2, 0.25) is 0 Å². The molecular weight excluding hydrogens is 374 g/mol. The molecule has 0 atom stereocenters. The van der Waals surface area contributed by atoms with Gasteiger partial charge in [-0.15, -0.1) is 0 Å². The molecule has 0 bridgehead atoms. The van der Waals surface area contributed by atoms with E-state index in [0.717, 1.165) is 22.8 Å². The third-order valence-electron chi connectivity index (χ3n) is 4.95. The Hall–Kier alpha value is -2.51. The highest BCUT2D eigenvalue weighted by atomic mass is 32.2. The van der Waals surface area contributed by atoms with Gasteiger partial charge in [0.05, 0.1) is 23.7 Å². The Balaban J connectivity index is 2.11. The summed E-state index contributed by atoms with van der Waals surface area (Å²) in [6.45, 7) is 5.74. The molecule has 0 radical (unpaired) electrons. The molecule has 6 nitrogen and oxygen atoms in total. The van der Waals surface area contributed by atoms with Crippen molar-refractivity contribution < 1.29 is 9.90 Å². The Bertz CT molecular complexity index is 1060. The van der Waals surface area contributed by atoms with Gasteiger partial charge in [0.15, 0.2) is 5.78 Å². The number of Topliss-reactive ketones (excluding diaryl/α,β-unsaturated/α-hetero) is 1. The van der Waals surface area contributed by atoms with E-state index >= 15 is 0 Å². The van der Waals surface area contributed by atoms with Crippen LogP contribution in [0.1, 0.15) is 27.4 Å². The molecule has 0 aliphatic carbocycles. The Morgan fingerprint density at radius 2 is 1.79 bits per heavy atom. The number of thioether (sulfide) groups is 1. The van der Waals surface area contributed by atoms with Gasteiger partial charge >= 0.3 is 0 Å². The third-order valence-corrected chi connectivity index (χ3v) is 5.89. The molecule has 0 aliphatic heterocycles. The zero-order chi connectivity index (χ0) is 20.4. The topological polar surface area (TPSA) is 69.2 Å². The highest BCUT2D eigenvalue weighted by Gasteiger charge is 2.23. The molecule has 148 valence electrons. The van der Waals surface area contributed by atoms with Crippen molar-refractivity contribution in [1.29, 1.82) is 0 Å². The van der Waals surface area contributed by atoms with E-state index in [0.29, 0.717) is 22.8 Å². The van der Waals surface area contributed by atoms with Crippen LogP contribution in [0.3, 0.4) is 0 Å². The summed E-state index contributed by atoms with van der Waals surface area (Å²) in [7, 11) is 1.86. The molecule has 0 aliphatic rings. The third kappa shape index (κ3) is 3.47. The summed E-state index contributed by atoms with van der Waals surface area (Å²) in [6, 6.07) is 11.3. The van der Waals surface area contributed by atoms with E-state index in [9.17, 15) is 9.59 Å². The molecule has 3 rings (SSSR count). The van der Waals surface area contributed by atoms with Crippen LogP contribution in [0, 0.1) is 20.8 Å². The number of rotatable bonds is 7. The van der Waals surface area contributed by atoms with Gasteiger partial charge in [0, 0.05) is 29.8 Å². The van der Waals surface area contributed by atoms with Gasteiger partial charge in [-0.3, -0.25) is 14.3 Å². The molecule has 2 aromatic heterocycles. The number of para-hydroxylation sites is 1. The zero-order valence-electron chi connectivity index (χ0n) is 16.6. The molecule has 7 heteroatoms. The highest BCUT2D eigenvalue weighted by molar-refractivity contribution is 8.00. The number of carbonyl (C=O) groups excluding carboxylic acids is 1. The fourth-order valence-electron chi connectivity index (χ4n) is 3.51. The maximum absolute atomic E-state index is 13.3. The highest BCUT2D eigenvalue weighted by Crippen LogP contribution is 2.23. The molecule has 0 fully saturated rings. The van der Waals surface area contributed by atoms with Crippen LogP contribution < -0.4 is 5.56 Å². The first-order valence-electron chi connectivity index (χ1n) is 9.13. The lowest BCUT2D eigenvalue weighted by Crippen LogP contribution is -2.22. The lowest BCUT2D eigenvalue weighted by Gasteiger charge is -2.08. The average molecular weight is 400 g/mol. The number of aliphatic hydroxyl groups is 1. The lowest BCUT2D eigenvalue weighted by molar-refractivity contribution is 0.102. The van der Waals surface area contributed by atoms with Crippen molar-refractivity contribution >= 4 is 17.5 Å². The molecule has 3 aromatic rings. The van der Waals surface area contributed by atoms with Gasteiger partial charge in [-0.25, -0.2) is 4.68 Å². The summed E-state index contributed by atoms with van der Waals surface area (Å²) in [4.78, 5) is 25.9. The number of benzene rings is 1. The van der Waals surface area contributed by atoms with Gasteiger partial charge < -0.3 is 9.67 Å². The molecule has 28 heavy (non-hydrogen) atoms. The van der Waals surface area contributed by atoms with E-state index in [4.69, 9.17) is 5.11 Å². The van der Waals surface area contributed by atoms with E-state index < -0.39 is 0 Å². The summed E-state index contributed by atoms with van der Waals surface area (Å²) in [6.07, 6.45) is 0. The number of hydrogen-bond acceptors (Lipinski definition) is 4. The first kappa shape index (κ1) is 20.2. The van der Waals surface area contributed by atoms with Crippen LogP contribution in [0.4, 0.5) is 0 Å². The number of carbonyl (C=O) groups is 1. The van der Waals surface area contributed by atoms with E-state index in [2.05, 4.69) is 0 Å². The fraction of sp³-hybridized carbons (Fsp3) is 0.333. The number of aryl methyl sites for hydroxylation is 1. The predicted molar refractivity (Wildman–Crippen MR) is 113 cm³/mol. The second kappa shape index (κ2) is 8.24. The Morgan fingerprint density at radius 1 is 1.11 bits per heavy atom. The van der Waals surface area contributed by atoms with Crippen LogP contribution >= 0.6 is 11.8 Å². The van der Waals surface area contributed by atoms with Gasteiger partial charge in [0.1, 0.15) is 5.69 Å². The Kier molecular flexibility index (Phi) is 5.96. The van der Waals surface area contributed by atoms with Crippen LogP contribution in [0.15, 0.2) is 41.2 Å². The largest absolute Gasteiger partial charge is 0.396 e. The summed E-state index contributed by atoms with van der Waals surface area (Å²) in [5.74, 6) is 0.853. The number of aromatic nitrogens is 3. The minimum atomic E-state index is -0.123. The van der Waals surface area contributed by atoms with Crippen molar-refractivity contribution in [2.75, 3.05) is 18.1 Å². The monoisotopic (exact) mass is 399 g/mol. The normalized spacial score (nSPS) is 11.2. The SMILES string of the molecule is Cc1cc(C(=O)CSCCO)c(C)n1-c1c(C)n(C)n(-c2ccccc2)c1=O. The van der Waals surface area contributed by atoms with Gasteiger partial charge in [-0.05, 0) is 39.0 Å². The van der Waals surface area contributed by atoms with Gasteiger partial charge in [-0.1, -0.05) is 18.2 Å². The number of aliphatic hydroxyl groups excluding tert-OH is 1. The van der Waals surface area contributed by atoms with Crippen LogP contribution in [0.5, 0.6) is 0 Å². The van der Waals surface area contributed by atoms with E-state index in [1.807, 2.05) is 73.5 Å². The molecule has 0 saturated heterocycles. The van der Waals surface area contributed by atoms with Crippen molar-refractivity contribution in [3.63, 3.8) is 0 Å². The fourth-order valence-corrected chi connectivity index (χ4v) is 4.12. The number of nitrogens with zero attached hydrogens (tertiary/aromatic N) is 3. The van der Waals surface area contributed by atoms with Crippen molar-refractivity contribution in [3.05, 3.63) is 69.4 Å². The standard InChI is InChI=1S/C21H25N3O3S/c1-14-12-18(19(26)13-28-11-10-25)15(2)23(14)20-16(3)22(4)24(21(20)27)17-8-6-5-7-9-17/h5-9,12,25H,10-11,13H2,1-4H3. The first-order valence-corrected chi connectivity index (χ1v) is 10.3. The van der Waals surface area contributed by atoms with Crippen molar-refractivity contribution in [1.82, 2.24) is 13.9 Å². The molecule has 0 spiro atoms. The van der Waals surface area contributed by atoms with Crippen molar-refractivity contribution in [2.24, 2.45) is 7.05 Å². The molecule has 0 amide bonds. The smallest absolute Gasteiger partial charge is 0.295 e. The summed E-state index contributed by atoms with van der Waals surface area (Å²) in [5.41, 5.74) is 4.28. The first-order chi connectivity index (χ1) is 13.4. The van der Waals surface area contributed by atoms with E-state index in [1.54, 1.807) is 4.68 Å². The van der Waals surface area contributed by atoms with Crippen molar-refractivity contribution in [2.45, 2.75) is 20.8 Å². The summed E-state index contributed by atoms with van der Waals surface area (Å²) < 4.78 is 5.35. The van der Waals surface area contributed by atoms with Gasteiger partial charge in [-0.2, -0.15) is 11.8 Å². The van der Waals surface area contributed by atoms with Crippen LogP contribution in [-0.4, -0.2) is 42.9 Å². The zero-order valence-corrected chi connectivity index (χ0v) is 17.4. The number of hydrogen-bond donors (Lipinski definition) is 1. The summed E-state index contributed by atoms with van der Waals surface area (Å²) in [5, 5.41) is 8.91. The van der Waals surface area contributed by atoms with Crippen LogP contribution in [-0.2, 0) is 7.05 Å². The quantitative estimate of drug-likeness (QED) is 0.490. The van der Waals surface area contributed by atoms with Crippen LogP contribution in [0.2, 0.25) is 0 Å². The molecule has 0 unspecified atom stereocenters. The molecule has 1 aromatic carbocycles. The molecular formula is C21H25N3O3S. The molecule has 1 N–H and O–H groups in total. The minimum absolute atomic E-state index is 0.00905. The second-order valence-electron chi connectivity index (χ2n) is 6.73. The maximum atomic E-state index is 13.3. The van der Waals surface area contributed by atoms with Gasteiger partial charge in [0.25, 0.3) is 5.56 Å². The number of ketones is 1. The van der Waals surface area contributed by atoms with E-state index in [1.165, 1.54) is 11.8 Å².